The number of rotatable bonds is 4. The van der Waals surface area contributed by atoms with Crippen molar-refractivity contribution in [2.24, 2.45) is 0 Å². The Kier molecular flexibility index (Phi) is 4.38. The molecule has 1 aromatic carbocycles. The van der Waals surface area contributed by atoms with E-state index in [2.05, 4.69) is 31.2 Å². The van der Waals surface area contributed by atoms with Gasteiger partial charge in [0, 0.05) is 46.4 Å². The van der Waals surface area contributed by atoms with E-state index in [-0.39, 0.29) is 0 Å². The lowest BCUT2D eigenvalue weighted by Crippen LogP contribution is -2.03. The Morgan fingerprint density at radius 1 is 1.12 bits per heavy atom. The third-order valence-electron chi connectivity index (χ3n) is 3.80. The molecule has 0 atom stereocenters. The standard InChI is InChI=1S/C18H13BrClN5/c19-15-4-5-21-10-14(15)17-18(25-7-6-22-11-16(25)24-17)23-9-12-2-1-3-13(20)8-12/h1-8,10-11,23H,9H2. The normalized spacial score (nSPS) is 11.0. The van der Waals surface area contributed by atoms with E-state index in [4.69, 9.17) is 16.6 Å². The highest BCUT2D eigenvalue weighted by Gasteiger charge is 2.16. The van der Waals surface area contributed by atoms with Crippen molar-refractivity contribution in [1.29, 1.82) is 0 Å². The fourth-order valence-electron chi connectivity index (χ4n) is 2.65. The summed E-state index contributed by atoms with van der Waals surface area (Å²) in [4.78, 5) is 13.1. The van der Waals surface area contributed by atoms with Crippen LogP contribution in [0.3, 0.4) is 0 Å². The minimum absolute atomic E-state index is 0.627. The zero-order valence-electron chi connectivity index (χ0n) is 13.0. The molecule has 4 aromatic rings. The predicted octanol–water partition coefficient (Wildman–Crippen LogP) is 4.82. The number of hydrogen-bond acceptors (Lipinski definition) is 4. The van der Waals surface area contributed by atoms with E-state index in [0.717, 1.165) is 37.8 Å². The Labute approximate surface area is 157 Å². The minimum atomic E-state index is 0.627. The highest BCUT2D eigenvalue weighted by atomic mass is 79.9. The second-order valence-electron chi connectivity index (χ2n) is 5.45. The van der Waals surface area contributed by atoms with Crippen molar-refractivity contribution in [3.8, 4) is 11.3 Å². The molecule has 0 amide bonds. The van der Waals surface area contributed by atoms with Gasteiger partial charge in [-0.2, -0.15) is 0 Å². The molecule has 0 radical (unpaired) electrons. The quantitative estimate of drug-likeness (QED) is 0.520. The van der Waals surface area contributed by atoms with Crippen molar-refractivity contribution in [1.82, 2.24) is 19.4 Å². The maximum absolute atomic E-state index is 6.08. The van der Waals surface area contributed by atoms with Crippen molar-refractivity contribution >= 4 is 39.0 Å². The molecule has 3 aromatic heterocycles. The van der Waals surface area contributed by atoms with E-state index >= 15 is 0 Å². The summed E-state index contributed by atoms with van der Waals surface area (Å²) in [5.41, 5.74) is 3.59. The summed E-state index contributed by atoms with van der Waals surface area (Å²) in [5, 5.41) is 4.19. The van der Waals surface area contributed by atoms with Gasteiger partial charge >= 0.3 is 0 Å². The molecule has 4 rings (SSSR count). The Morgan fingerprint density at radius 3 is 2.84 bits per heavy atom. The number of anilines is 1. The Morgan fingerprint density at radius 2 is 2.00 bits per heavy atom. The number of fused-ring (bicyclic) bond motifs is 1. The lowest BCUT2D eigenvalue weighted by Gasteiger charge is -2.10. The van der Waals surface area contributed by atoms with Gasteiger partial charge in [0.25, 0.3) is 0 Å². The van der Waals surface area contributed by atoms with Crippen LogP contribution in [0.4, 0.5) is 5.82 Å². The predicted molar refractivity (Wildman–Crippen MR) is 103 cm³/mol. The average molecular weight is 415 g/mol. The first-order chi connectivity index (χ1) is 12.2. The molecule has 5 nitrogen and oxygen atoms in total. The zero-order valence-corrected chi connectivity index (χ0v) is 15.4. The van der Waals surface area contributed by atoms with Crippen LogP contribution < -0.4 is 5.32 Å². The lowest BCUT2D eigenvalue weighted by atomic mass is 10.2. The molecule has 1 N–H and O–H groups in total. The average Bonchev–Trinajstić information content (AvgIpc) is 2.99. The van der Waals surface area contributed by atoms with Gasteiger partial charge in [-0.1, -0.05) is 23.7 Å². The number of hydrogen-bond donors (Lipinski definition) is 1. The van der Waals surface area contributed by atoms with Crippen LogP contribution in [-0.2, 0) is 6.54 Å². The molecule has 0 saturated heterocycles. The fourth-order valence-corrected chi connectivity index (χ4v) is 3.27. The van der Waals surface area contributed by atoms with Gasteiger partial charge in [0.1, 0.15) is 11.5 Å². The molecular formula is C18H13BrClN5. The van der Waals surface area contributed by atoms with Gasteiger partial charge in [-0.3, -0.25) is 14.4 Å². The van der Waals surface area contributed by atoms with Gasteiger partial charge in [0.15, 0.2) is 5.65 Å². The van der Waals surface area contributed by atoms with Crippen LogP contribution in [0.15, 0.2) is 65.8 Å². The molecule has 7 heteroatoms. The number of aromatic nitrogens is 4. The largest absolute Gasteiger partial charge is 0.365 e. The van der Waals surface area contributed by atoms with Crippen molar-refractivity contribution < 1.29 is 0 Å². The van der Waals surface area contributed by atoms with E-state index in [0.29, 0.717) is 6.54 Å². The van der Waals surface area contributed by atoms with Crippen LogP contribution >= 0.6 is 27.5 Å². The van der Waals surface area contributed by atoms with Crippen molar-refractivity contribution in [2.45, 2.75) is 6.54 Å². The van der Waals surface area contributed by atoms with E-state index in [9.17, 15) is 0 Å². The van der Waals surface area contributed by atoms with Gasteiger partial charge in [0.2, 0.25) is 0 Å². The van der Waals surface area contributed by atoms with E-state index < -0.39 is 0 Å². The second kappa shape index (κ2) is 6.82. The first-order valence-electron chi connectivity index (χ1n) is 7.62. The molecule has 0 saturated carbocycles. The fraction of sp³-hybridized carbons (Fsp3) is 0.0556. The summed E-state index contributed by atoms with van der Waals surface area (Å²) in [6.07, 6.45) is 8.89. The van der Waals surface area contributed by atoms with Crippen molar-refractivity contribution in [2.75, 3.05) is 5.32 Å². The van der Waals surface area contributed by atoms with Crippen LogP contribution in [0, 0.1) is 0 Å². The number of halogens is 2. The van der Waals surface area contributed by atoms with Crippen LogP contribution in [0.2, 0.25) is 5.02 Å². The summed E-state index contributed by atoms with van der Waals surface area (Å²) in [7, 11) is 0. The highest BCUT2D eigenvalue weighted by molar-refractivity contribution is 9.10. The smallest absolute Gasteiger partial charge is 0.157 e. The Bertz CT molecular complexity index is 1050. The number of benzene rings is 1. The van der Waals surface area contributed by atoms with Crippen LogP contribution in [0.25, 0.3) is 16.9 Å². The molecule has 0 spiro atoms. The molecule has 0 fully saturated rings. The molecule has 124 valence electrons. The second-order valence-corrected chi connectivity index (χ2v) is 6.74. The summed E-state index contributed by atoms with van der Waals surface area (Å²) < 4.78 is 2.91. The van der Waals surface area contributed by atoms with Gasteiger partial charge in [0.05, 0.1) is 6.20 Å². The summed E-state index contributed by atoms with van der Waals surface area (Å²) in [6.45, 7) is 0.627. The van der Waals surface area contributed by atoms with Crippen LogP contribution in [-0.4, -0.2) is 19.4 Å². The SMILES string of the molecule is Clc1cccc(CNc2c(-c3cnccc3Br)nc3cnccn23)c1. The molecule has 0 unspecified atom stereocenters. The molecule has 0 aliphatic carbocycles. The number of nitrogens with zero attached hydrogens (tertiary/aromatic N) is 4. The maximum Gasteiger partial charge on any atom is 0.157 e. The Balaban J connectivity index is 1.78. The molecule has 25 heavy (non-hydrogen) atoms. The summed E-state index contributed by atoms with van der Waals surface area (Å²) >= 11 is 9.66. The van der Waals surface area contributed by atoms with Crippen molar-refractivity contribution in [3.05, 3.63) is 76.4 Å². The molecule has 3 heterocycles. The van der Waals surface area contributed by atoms with Crippen LogP contribution in [0.5, 0.6) is 0 Å². The summed E-state index contributed by atoms with van der Waals surface area (Å²) in [6, 6.07) is 9.68. The molecule has 0 aliphatic rings. The van der Waals surface area contributed by atoms with Gasteiger partial charge in [-0.15, -0.1) is 0 Å². The van der Waals surface area contributed by atoms with Gasteiger partial charge in [-0.05, 0) is 39.7 Å². The molecular weight excluding hydrogens is 402 g/mol. The van der Waals surface area contributed by atoms with Gasteiger partial charge in [-0.25, -0.2) is 4.98 Å². The first-order valence-corrected chi connectivity index (χ1v) is 8.80. The minimum Gasteiger partial charge on any atom is -0.365 e. The molecule has 0 aliphatic heterocycles. The first kappa shape index (κ1) is 16.1. The van der Waals surface area contributed by atoms with E-state index in [1.165, 1.54) is 0 Å². The molecule has 0 bridgehead atoms. The number of nitrogens with one attached hydrogen (secondary N) is 1. The monoisotopic (exact) mass is 413 g/mol. The van der Waals surface area contributed by atoms with E-state index in [1.54, 1.807) is 24.8 Å². The van der Waals surface area contributed by atoms with Gasteiger partial charge < -0.3 is 5.32 Å². The van der Waals surface area contributed by atoms with E-state index in [1.807, 2.05) is 40.9 Å². The lowest BCUT2D eigenvalue weighted by molar-refractivity contribution is 1.07. The summed E-state index contributed by atoms with van der Waals surface area (Å²) in [5.74, 6) is 0.881. The highest BCUT2D eigenvalue weighted by Crippen LogP contribution is 2.33. The third-order valence-corrected chi connectivity index (χ3v) is 4.73. The number of pyridine rings is 1. The van der Waals surface area contributed by atoms with Crippen LogP contribution in [0.1, 0.15) is 5.56 Å². The third kappa shape index (κ3) is 3.23. The Hall–Kier alpha value is -2.44. The zero-order chi connectivity index (χ0) is 17.2. The number of imidazole rings is 1. The maximum atomic E-state index is 6.08. The van der Waals surface area contributed by atoms with Crippen molar-refractivity contribution in [3.63, 3.8) is 0 Å². The topological polar surface area (TPSA) is 55.1 Å².